The molecule has 1 amide bonds. The molecular formula is C22H25F3N2O3S. The van der Waals surface area contributed by atoms with Crippen LogP contribution in [0.4, 0.5) is 24.5 Å². The monoisotopic (exact) mass is 454 g/mol. The lowest BCUT2D eigenvalue weighted by molar-refractivity contribution is -0.197. The lowest BCUT2D eigenvalue weighted by Gasteiger charge is -2.32. The number of hydrogen-bond donors (Lipinski definition) is 2. The normalized spacial score (nSPS) is 19.6. The first kappa shape index (κ1) is 23.1. The number of benzene rings is 2. The molecule has 2 aromatic carbocycles. The summed E-state index contributed by atoms with van der Waals surface area (Å²) in [5.41, 5.74) is 2.30. The number of sulfonamides is 1. The van der Waals surface area contributed by atoms with Crippen molar-refractivity contribution in [1.82, 2.24) is 0 Å². The van der Waals surface area contributed by atoms with Gasteiger partial charge in [0.15, 0.2) is 0 Å². The van der Waals surface area contributed by atoms with Gasteiger partial charge in [-0.15, -0.1) is 0 Å². The molecule has 1 saturated carbocycles. The first-order valence-corrected chi connectivity index (χ1v) is 11.5. The topological polar surface area (TPSA) is 75.3 Å². The molecule has 2 atom stereocenters. The maximum Gasteiger partial charge on any atom is 0.392 e. The summed E-state index contributed by atoms with van der Waals surface area (Å²) in [4.78, 5) is 12.5. The fraction of sp³-hybridized carbons (Fsp3) is 0.409. The second-order valence-corrected chi connectivity index (χ2v) is 9.61. The van der Waals surface area contributed by atoms with Crippen molar-refractivity contribution in [3.8, 4) is 0 Å². The highest BCUT2D eigenvalue weighted by atomic mass is 32.2. The Labute approximate surface area is 180 Å². The molecule has 0 radical (unpaired) electrons. The molecule has 3 rings (SSSR count). The van der Waals surface area contributed by atoms with Gasteiger partial charge in [-0.3, -0.25) is 9.52 Å². The molecule has 9 heteroatoms. The van der Waals surface area contributed by atoms with Crippen LogP contribution >= 0.6 is 0 Å². The van der Waals surface area contributed by atoms with Crippen molar-refractivity contribution in [2.24, 2.45) is 11.8 Å². The predicted octanol–water partition coefficient (Wildman–Crippen LogP) is 5.41. The molecular weight excluding hydrogens is 429 g/mol. The summed E-state index contributed by atoms with van der Waals surface area (Å²) < 4.78 is 67.8. The SMILES string of the molecule is Cc1cccc(C)c1NS(=O)(=O)c1ccc(NC(=O)C2CCCCC2C(F)(F)F)cc1. The van der Waals surface area contributed by atoms with Crippen molar-refractivity contribution in [1.29, 1.82) is 0 Å². The summed E-state index contributed by atoms with van der Waals surface area (Å²) in [5, 5.41) is 2.51. The Morgan fingerprint density at radius 2 is 1.55 bits per heavy atom. The summed E-state index contributed by atoms with van der Waals surface area (Å²) in [6.45, 7) is 3.59. The Balaban J connectivity index is 1.73. The lowest BCUT2D eigenvalue weighted by atomic mass is 9.78. The molecule has 2 N–H and O–H groups in total. The highest BCUT2D eigenvalue weighted by molar-refractivity contribution is 7.92. The number of aryl methyl sites for hydroxylation is 2. The fourth-order valence-electron chi connectivity index (χ4n) is 3.96. The molecule has 1 aliphatic carbocycles. The average molecular weight is 455 g/mol. The number of hydrogen-bond acceptors (Lipinski definition) is 3. The van der Waals surface area contributed by atoms with Crippen LogP contribution < -0.4 is 10.0 Å². The van der Waals surface area contributed by atoms with Crippen molar-refractivity contribution >= 4 is 27.3 Å². The van der Waals surface area contributed by atoms with Gasteiger partial charge in [-0.1, -0.05) is 31.0 Å². The van der Waals surface area contributed by atoms with E-state index in [0.29, 0.717) is 18.5 Å². The van der Waals surface area contributed by atoms with Crippen LogP contribution in [-0.2, 0) is 14.8 Å². The van der Waals surface area contributed by atoms with Crippen molar-refractivity contribution in [3.63, 3.8) is 0 Å². The molecule has 5 nitrogen and oxygen atoms in total. The molecule has 1 fully saturated rings. The largest absolute Gasteiger partial charge is 0.392 e. The molecule has 2 aromatic rings. The third kappa shape index (κ3) is 5.39. The zero-order chi connectivity index (χ0) is 22.8. The Hall–Kier alpha value is -2.55. The first-order valence-electron chi connectivity index (χ1n) is 10.1. The highest BCUT2D eigenvalue weighted by Gasteiger charge is 2.48. The number of amides is 1. The second-order valence-electron chi connectivity index (χ2n) is 7.92. The lowest BCUT2D eigenvalue weighted by Crippen LogP contribution is -2.39. The third-order valence-corrected chi connectivity index (χ3v) is 7.04. The minimum atomic E-state index is -4.42. The minimum Gasteiger partial charge on any atom is -0.326 e. The molecule has 0 aliphatic heterocycles. The number of carbonyl (C=O) groups is 1. The number of carbonyl (C=O) groups excluding carboxylic acids is 1. The van der Waals surface area contributed by atoms with E-state index in [1.807, 2.05) is 6.07 Å². The van der Waals surface area contributed by atoms with Gasteiger partial charge >= 0.3 is 6.18 Å². The van der Waals surface area contributed by atoms with Crippen LogP contribution in [0.25, 0.3) is 0 Å². The Bertz CT molecular complexity index is 1030. The van der Waals surface area contributed by atoms with E-state index in [9.17, 15) is 26.4 Å². The zero-order valence-electron chi connectivity index (χ0n) is 17.3. The quantitative estimate of drug-likeness (QED) is 0.634. The standard InChI is InChI=1S/C22H25F3N2O3S/c1-14-6-5-7-15(2)20(14)27-31(29,30)17-12-10-16(11-13-17)26-21(28)18-8-3-4-9-19(18)22(23,24)25/h5-7,10-13,18-19,27H,3-4,8-9H2,1-2H3,(H,26,28). The van der Waals surface area contributed by atoms with Gasteiger partial charge < -0.3 is 5.32 Å². The van der Waals surface area contributed by atoms with Crippen LogP contribution in [0.2, 0.25) is 0 Å². The van der Waals surface area contributed by atoms with Crippen molar-refractivity contribution in [3.05, 3.63) is 53.6 Å². The first-order chi connectivity index (χ1) is 14.5. The molecule has 31 heavy (non-hydrogen) atoms. The average Bonchev–Trinajstić information content (AvgIpc) is 2.70. The molecule has 1 aliphatic rings. The Kier molecular flexibility index (Phi) is 6.64. The smallest absolute Gasteiger partial charge is 0.326 e. The highest BCUT2D eigenvalue weighted by Crippen LogP contribution is 2.42. The number of anilines is 2. The number of rotatable bonds is 5. The Morgan fingerprint density at radius 3 is 2.13 bits per heavy atom. The van der Waals surface area contributed by atoms with Gasteiger partial charge in [-0.05, 0) is 62.1 Å². The van der Waals surface area contributed by atoms with Gasteiger partial charge in [0, 0.05) is 11.6 Å². The van der Waals surface area contributed by atoms with E-state index in [2.05, 4.69) is 10.0 Å². The molecule has 2 unspecified atom stereocenters. The minimum absolute atomic E-state index is 0.0148. The zero-order valence-corrected chi connectivity index (χ0v) is 18.1. The van der Waals surface area contributed by atoms with E-state index in [0.717, 1.165) is 11.1 Å². The van der Waals surface area contributed by atoms with E-state index >= 15 is 0 Å². The van der Waals surface area contributed by atoms with Gasteiger partial charge in [-0.2, -0.15) is 13.2 Å². The number of para-hydroxylation sites is 1. The van der Waals surface area contributed by atoms with Gasteiger partial charge in [0.1, 0.15) is 0 Å². The van der Waals surface area contributed by atoms with E-state index in [1.54, 1.807) is 26.0 Å². The third-order valence-electron chi connectivity index (χ3n) is 5.67. The van der Waals surface area contributed by atoms with Crippen LogP contribution in [0.15, 0.2) is 47.4 Å². The van der Waals surface area contributed by atoms with Gasteiger partial charge in [-0.25, -0.2) is 8.42 Å². The van der Waals surface area contributed by atoms with E-state index in [4.69, 9.17) is 0 Å². The van der Waals surface area contributed by atoms with Crippen molar-refractivity contribution < 1.29 is 26.4 Å². The molecule has 0 saturated heterocycles. The van der Waals surface area contributed by atoms with Crippen LogP contribution in [-0.4, -0.2) is 20.5 Å². The van der Waals surface area contributed by atoms with Crippen LogP contribution in [0.1, 0.15) is 36.8 Å². The predicted molar refractivity (Wildman–Crippen MR) is 113 cm³/mol. The van der Waals surface area contributed by atoms with Crippen LogP contribution in [0, 0.1) is 25.7 Å². The maximum atomic E-state index is 13.3. The Morgan fingerprint density at radius 1 is 0.968 bits per heavy atom. The van der Waals surface area contributed by atoms with Crippen molar-refractivity contribution in [2.75, 3.05) is 10.0 Å². The summed E-state index contributed by atoms with van der Waals surface area (Å²) in [5.74, 6) is -3.48. The molecule has 168 valence electrons. The van der Waals surface area contributed by atoms with E-state index < -0.39 is 33.9 Å². The van der Waals surface area contributed by atoms with Gasteiger partial charge in [0.25, 0.3) is 10.0 Å². The molecule has 0 spiro atoms. The van der Waals surface area contributed by atoms with E-state index in [-0.39, 0.29) is 23.4 Å². The summed E-state index contributed by atoms with van der Waals surface area (Å²) >= 11 is 0. The maximum absolute atomic E-state index is 13.3. The molecule has 0 heterocycles. The fourth-order valence-corrected chi connectivity index (χ4v) is 5.16. The van der Waals surface area contributed by atoms with E-state index in [1.165, 1.54) is 24.3 Å². The second kappa shape index (κ2) is 8.90. The van der Waals surface area contributed by atoms with Crippen LogP contribution in [0.3, 0.4) is 0 Å². The summed E-state index contributed by atoms with van der Waals surface area (Å²) in [7, 11) is -3.86. The summed E-state index contributed by atoms with van der Waals surface area (Å²) in [6, 6.07) is 10.8. The summed E-state index contributed by atoms with van der Waals surface area (Å²) in [6.07, 6.45) is -3.26. The number of halogens is 3. The molecule has 0 bridgehead atoms. The van der Waals surface area contributed by atoms with Crippen LogP contribution in [0.5, 0.6) is 0 Å². The number of alkyl halides is 3. The van der Waals surface area contributed by atoms with Crippen molar-refractivity contribution in [2.45, 2.75) is 50.6 Å². The number of nitrogens with one attached hydrogen (secondary N) is 2. The van der Waals surface area contributed by atoms with Gasteiger partial charge in [0.2, 0.25) is 5.91 Å². The van der Waals surface area contributed by atoms with Gasteiger partial charge in [0.05, 0.1) is 16.5 Å². The molecule has 0 aromatic heterocycles.